The second-order valence-corrected chi connectivity index (χ2v) is 7.84. The molecule has 3 aromatic carbocycles. The standard InChI is InChI=1S/C19H13ClF2N2O3S/c20-13-2-1-3-15(10-13)23-19(25)12-4-6-14(7-5-12)24-28(26,27)16-8-9-17(21)18(22)11-16/h1-11,24H,(H,23,25). The van der Waals surface area contributed by atoms with E-state index in [1.54, 1.807) is 24.3 Å². The molecule has 0 aromatic heterocycles. The van der Waals surface area contributed by atoms with Crippen LogP contribution in [0.15, 0.2) is 71.6 Å². The maximum atomic E-state index is 13.3. The van der Waals surface area contributed by atoms with Gasteiger partial charge in [-0.15, -0.1) is 0 Å². The lowest BCUT2D eigenvalue weighted by Crippen LogP contribution is -2.14. The maximum Gasteiger partial charge on any atom is 0.261 e. The quantitative estimate of drug-likeness (QED) is 0.627. The Hall–Kier alpha value is -2.97. The minimum Gasteiger partial charge on any atom is -0.322 e. The monoisotopic (exact) mass is 422 g/mol. The average Bonchev–Trinajstić information content (AvgIpc) is 2.64. The second kappa shape index (κ2) is 7.95. The van der Waals surface area contributed by atoms with Crippen LogP contribution in [0.3, 0.4) is 0 Å². The Kier molecular flexibility index (Phi) is 5.62. The van der Waals surface area contributed by atoms with Crippen LogP contribution in [0.1, 0.15) is 10.4 Å². The van der Waals surface area contributed by atoms with Crippen LogP contribution in [-0.4, -0.2) is 14.3 Å². The molecule has 3 aromatic rings. The number of carbonyl (C=O) groups excluding carboxylic acids is 1. The molecule has 2 N–H and O–H groups in total. The first-order chi connectivity index (χ1) is 13.2. The van der Waals surface area contributed by atoms with Crippen LogP contribution >= 0.6 is 11.6 Å². The highest BCUT2D eigenvalue weighted by molar-refractivity contribution is 7.92. The molecular formula is C19H13ClF2N2O3S. The van der Waals surface area contributed by atoms with Crippen molar-refractivity contribution in [2.24, 2.45) is 0 Å². The fourth-order valence-corrected chi connectivity index (χ4v) is 3.58. The predicted molar refractivity (Wildman–Crippen MR) is 103 cm³/mol. The molecule has 0 atom stereocenters. The maximum absolute atomic E-state index is 13.3. The lowest BCUT2D eigenvalue weighted by atomic mass is 10.2. The van der Waals surface area contributed by atoms with E-state index >= 15 is 0 Å². The van der Waals surface area contributed by atoms with E-state index in [4.69, 9.17) is 11.6 Å². The van der Waals surface area contributed by atoms with E-state index in [1.807, 2.05) is 0 Å². The van der Waals surface area contributed by atoms with Gasteiger partial charge in [-0.2, -0.15) is 0 Å². The Bertz CT molecular complexity index is 1140. The summed E-state index contributed by atoms with van der Waals surface area (Å²) >= 11 is 5.86. The third-order valence-electron chi connectivity index (χ3n) is 3.68. The van der Waals surface area contributed by atoms with E-state index < -0.39 is 32.5 Å². The number of nitrogens with one attached hydrogen (secondary N) is 2. The van der Waals surface area contributed by atoms with Crippen molar-refractivity contribution in [2.45, 2.75) is 4.90 Å². The first kappa shape index (κ1) is 19.8. The fraction of sp³-hybridized carbons (Fsp3) is 0. The van der Waals surface area contributed by atoms with Crippen molar-refractivity contribution in [3.8, 4) is 0 Å². The zero-order valence-corrected chi connectivity index (χ0v) is 15.7. The fourth-order valence-electron chi connectivity index (χ4n) is 2.32. The second-order valence-electron chi connectivity index (χ2n) is 5.72. The summed E-state index contributed by atoms with van der Waals surface area (Å²) in [6.07, 6.45) is 0. The Morgan fingerprint density at radius 3 is 2.21 bits per heavy atom. The summed E-state index contributed by atoms with van der Waals surface area (Å²) in [4.78, 5) is 11.8. The number of sulfonamides is 1. The van der Waals surface area contributed by atoms with Crippen molar-refractivity contribution in [3.63, 3.8) is 0 Å². The van der Waals surface area contributed by atoms with E-state index in [2.05, 4.69) is 10.0 Å². The zero-order chi connectivity index (χ0) is 20.3. The minimum atomic E-state index is -4.11. The Balaban J connectivity index is 1.73. The van der Waals surface area contributed by atoms with Gasteiger partial charge in [0.05, 0.1) is 4.90 Å². The Morgan fingerprint density at radius 1 is 0.857 bits per heavy atom. The molecule has 5 nitrogen and oxygen atoms in total. The Labute approximate surface area is 165 Å². The molecule has 0 saturated heterocycles. The third kappa shape index (κ3) is 4.65. The SMILES string of the molecule is O=C(Nc1cccc(Cl)c1)c1ccc(NS(=O)(=O)c2ccc(F)c(F)c2)cc1. The van der Waals surface area contributed by atoms with Gasteiger partial charge in [-0.3, -0.25) is 9.52 Å². The van der Waals surface area contributed by atoms with Gasteiger partial charge in [0.25, 0.3) is 15.9 Å². The van der Waals surface area contributed by atoms with Gasteiger partial charge in [-0.05, 0) is 60.7 Å². The van der Waals surface area contributed by atoms with E-state index in [1.165, 1.54) is 24.3 Å². The molecule has 0 aliphatic heterocycles. The molecule has 0 heterocycles. The predicted octanol–water partition coefficient (Wildman–Crippen LogP) is 4.67. The highest BCUT2D eigenvalue weighted by atomic mass is 35.5. The normalized spacial score (nSPS) is 11.1. The molecule has 0 fully saturated rings. The molecule has 144 valence electrons. The highest BCUT2D eigenvalue weighted by Crippen LogP contribution is 2.20. The van der Waals surface area contributed by atoms with Gasteiger partial charge in [-0.1, -0.05) is 17.7 Å². The number of anilines is 2. The summed E-state index contributed by atoms with van der Waals surface area (Å²) in [5.74, 6) is -2.82. The number of carbonyl (C=O) groups is 1. The number of hydrogen-bond acceptors (Lipinski definition) is 3. The molecule has 0 unspecified atom stereocenters. The smallest absolute Gasteiger partial charge is 0.261 e. The van der Waals surface area contributed by atoms with Gasteiger partial charge >= 0.3 is 0 Å². The van der Waals surface area contributed by atoms with Gasteiger partial charge < -0.3 is 5.32 Å². The summed E-state index contributed by atoms with van der Waals surface area (Å²) in [6.45, 7) is 0. The van der Waals surface area contributed by atoms with Gasteiger partial charge in [-0.25, -0.2) is 17.2 Å². The van der Waals surface area contributed by atoms with E-state index in [9.17, 15) is 22.0 Å². The van der Waals surface area contributed by atoms with Crippen LogP contribution in [-0.2, 0) is 10.0 Å². The summed E-state index contributed by atoms with van der Waals surface area (Å²) in [7, 11) is -4.11. The molecule has 1 amide bonds. The summed E-state index contributed by atoms with van der Waals surface area (Å²) in [6, 6.07) is 14.5. The van der Waals surface area contributed by atoms with Crippen LogP contribution in [0.4, 0.5) is 20.2 Å². The number of rotatable bonds is 5. The lowest BCUT2D eigenvalue weighted by molar-refractivity contribution is 0.102. The average molecular weight is 423 g/mol. The molecule has 28 heavy (non-hydrogen) atoms. The molecule has 0 aliphatic carbocycles. The van der Waals surface area contributed by atoms with Crippen LogP contribution in [0.5, 0.6) is 0 Å². The van der Waals surface area contributed by atoms with Crippen molar-refractivity contribution in [2.75, 3.05) is 10.0 Å². The van der Waals surface area contributed by atoms with Gasteiger partial charge in [0.1, 0.15) is 0 Å². The molecular weight excluding hydrogens is 410 g/mol. The van der Waals surface area contributed by atoms with Crippen molar-refractivity contribution in [1.29, 1.82) is 0 Å². The molecule has 0 saturated carbocycles. The molecule has 0 bridgehead atoms. The molecule has 0 radical (unpaired) electrons. The number of halogens is 3. The number of hydrogen-bond donors (Lipinski definition) is 2. The molecule has 0 spiro atoms. The van der Waals surface area contributed by atoms with E-state index in [0.29, 0.717) is 16.8 Å². The minimum absolute atomic E-state index is 0.157. The Morgan fingerprint density at radius 2 is 1.57 bits per heavy atom. The summed E-state index contributed by atoms with van der Waals surface area (Å²) in [5, 5.41) is 3.14. The largest absolute Gasteiger partial charge is 0.322 e. The third-order valence-corrected chi connectivity index (χ3v) is 5.30. The van der Waals surface area contributed by atoms with Crippen molar-refractivity contribution in [3.05, 3.63) is 89.0 Å². The summed E-state index contributed by atoms with van der Waals surface area (Å²) < 4.78 is 53.0. The van der Waals surface area contributed by atoms with Gasteiger partial charge in [0.15, 0.2) is 11.6 Å². The topological polar surface area (TPSA) is 75.3 Å². The molecule has 9 heteroatoms. The number of benzene rings is 3. The molecule has 3 rings (SSSR count). The summed E-state index contributed by atoms with van der Waals surface area (Å²) in [5.41, 5.74) is 0.959. The van der Waals surface area contributed by atoms with Crippen LogP contribution in [0, 0.1) is 11.6 Å². The zero-order valence-electron chi connectivity index (χ0n) is 14.1. The molecule has 0 aliphatic rings. The van der Waals surface area contributed by atoms with E-state index in [-0.39, 0.29) is 11.3 Å². The van der Waals surface area contributed by atoms with E-state index in [0.717, 1.165) is 12.1 Å². The van der Waals surface area contributed by atoms with Crippen molar-refractivity contribution >= 4 is 38.9 Å². The first-order valence-corrected chi connectivity index (χ1v) is 9.75. The van der Waals surface area contributed by atoms with Gasteiger partial charge in [0, 0.05) is 22.0 Å². The highest BCUT2D eigenvalue weighted by Gasteiger charge is 2.17. The first-order valence-electron chi connectivity index (χ1n) is 7.89. The van der Waals surface area contributed by atoms with Crippen LogP contribution in [0.25, 0.3) is 0 Å². The van der Waals surface area contributed by atoms with Crippen LogP contribution < -0.4 is 10.0 Å². The van der Waals surface area contributed by atoms with Crippen molar-refractivity contribution < 1.29 is 22.0 Å². The van der Waals surface area contributed by atoms with Gasteiger partial charge in [0.2, 0.25) is 0 Å². The number of amides is 1. The van der Waals surface area contributed by atoms with Crippen molar-refractivity contribution in [1.82, 2.24) is 0 Å². The lowest BCUT2D eigenvalue weighted by Gasteiger charge is -2.10. The van der Waals surface area contributed by atoms with Crippen LogP contribution in [0.2, 0.25) is 5.02 Å².